The highest BCUT2D eigenvalue weighted by Crippen LogP contribution is 2.36. The molecule has 0 saturated carbocycles. The molecular formula is C21H22N4O5. The number of furan rings is 1. The van der Waals surface area contributed by atoms with Gasteiger partial charge in [0, 0.05) is 20.3 Å². The van der Waals surface area contributed by atoms with E-state index in [1.54, 1.807) is 0 Å². The fourth-order valence-corrected chi connectivity index (χ4v) is 3.72. The molecule has 156 valence electrons. The molecule has 1 aromatic carbocycles. The van der Waals surface area contributed by atoms with E-state index in [2.05, 4.69) is 15.6 Å². The molecule has 1 aliphatic rings. The van der Waals surface area contributed by atoms with E-state index >= 15 is 0 Å². The van der Waals surface area contributed by atoms with Gasteiger partial charge in [0.05, 0.1) is 11.7 Å². The van der Waals surface area contributed by atoms with Crippen LogP contribution < -0.4 is 21.5 Å². The molecule has 0 saturated heterocycles. The lowest BCUT2D eigenvalue weighted by molar-refractivity contribution is 0.0819. The lowest BCUT2D eigenvalue weighted by Gasteiger charge is -2.25. The van der Waals surface area contributed by atoms with Gasteiger partial charge in [-0.05, 0) is 43.9 Å². The zero-order valence-electron chi connectivity index (χ0n) is 16.9. The molecule has 30 heavy (non-hydrogen) atoms. The van der Waals surface area contributed by atoms with Gasteiger partial charge in [0.15, 0.2) is 11.4 Å². The van der Waals surface area contributed by atoms with Crippen LogP contribution in [0.1, 0.15) is 46.5 Å². The first-order valence-corrected chi connectivity index (χ1v) is 9.63. The summed E-state index contributed by atoms with van der Waals surface area (Å²) in [6.45, 7) is 1.87. The van der Waals surface area contributed by atoms with E-state index in [9.17, 15) is 19.5 Å². The first-order valence-electron chi connectivity index (χ1n) is 9.63. The molecule has 2 aromatic heterocycles. The number of fused-ring (bicyclic) bond motifs is 1. The number of rotatable bonds is 5. The third-order valence-corrected chi connectivity index (χ3v) is 5.24. The number of pyridine rings is 1. The Hall–Kier alpha value is -3.62. The SMILES string of the molecule is Cc1cc2c(o1)[C@@H](Nc1c(Nc3ccnc(C(=O)N(C)C)c3O)c(=O)c1=O)CCC2. The first kappa shape index (κ1) is 19.7. The summed E-state index contributed by atoms with van der Waals surface area (Å²) >= 11 is 0. The summed E-state index contributed by atoms with van der Waals surface area (Å²) in [5, 5.41) is 16.4. The van der Waals surface area contributed by atoms with E-state index in [0.29, 0.717) is 0 Å². The summed E-state index contributed by atoms with van der Waals surface area (Å²) in [7, 11) is 3.08. The minimum Gasteiger partial charge on any atom is -0.504 e. The molecule has 2 heterocycles. The Labute approximate surface area is 172 Å². The second-order valence-corrected chi connectivity index (χ2v) is 7.62. The minimum atomic E-state index is -0.694. The average Bonchev–Trinajstić information content (AvgIpc) is 3.11. The van der Waals surface area contributed by atoms with Crippen LogP contribution in [0.25, 0.3) is 0 Å². The van der Waals surface area contributed by atoms with Crippen molar-refractivity contribution in [2.24, 2.45) is 0 Å². The highest BCUT2D eigenvalue weighted by atomic mass is 16.3. The molecule has 0 bridgehead atoms. The van der Waals surface area contributed by atoms with Gasteiger partial charge in [-0.2, -0.15) is 0 Å². The third kappa shape index (κ3) is 3.22. The zero-order valence-corrected chi connectivity index (χ0v) is 16.9. The van der Waals surface area contributed by atoms with Crippen LogP contribution in [0.2, 0.25) is 0 Å². The number of aryl methyl sites for hydroxylation is 2. The Morgan fingerprint density at radius 3 is 2.73 bits per heavy atom. The summed E-state index contributed by atoms with van der Waals surface area (Å²) in [6.07, 6.45) is 3.95. The van der Waals surface area contributed by atoms with Crippen molar-refractivity contribution in [3.63, 3.8) is 0 Å². The number of nitrogens with one attached hydrogen (secondary N) is 2. The van der Waals surface area contributed by atoms with Gasteiger partial charge in [-0.3, -0.25) is 14.4 Å². The molecule has 0 fully saturated rings. The second kappa shape index (κ2) is 7.33. The van der Waals surface area contributed by atoms with Gasteiger partial charge < -0.3 is 25.1 Å². The van der Waals surface area contributed by atoms with Crippen LogP contribution in [0.15, 0.2) is 32.3 Å². The van der Waals surface area contributed by atoms with Gasteiger partial charge >= 0.3 is 0 Å². The van der Waals surface area contributed by atoms with Gasteiger partial charge in [0.25, 0.3) is 16.8 Å². The van der Waals surface area contributed by atoms with E-state index in [1.807, 2.05) is 13.0 Å². The molecule has 0 spiro atoms. The molecule has 4 rings (SSSR count). The van der Waals surface area contributed by atoms with Crippen molar-refractivity contribution in [2.75, 3.05) is 24.7 Å². The molecule has 9 heteroatoms. The Balaban J connectivity index is 1.63. The molecular weight excluding hydrogens is 388 g/mol. The molecule has 1 aliphatic carbocycles. The van der Waals surface area contributed by atoms with Crippen LogP contribution in [0, 0.1) is 6.92 Å². The topological polar surface area (TPSA) is 125 Å². The van der Waals surface area contributed by atoms with E-state index in [0.717, 1.165) is 36.3 Å². The average molecular weight is 410 g/mol. The van der Waals surface area contributed by atoms with E-state index < -0.39 is 22.5 Å². The van der Waals surface area contributed by atoms with Crippen molar-refractivity contribution >= 4 is 23.0 Å². The molecule has 9 nitrogen and oxygen atoms in total. The Morgan fingerprint density at radius 2 is 2.00 bits per heavy atom. The molecule has 3 aromatic rings. The predicted octanol–water partition coefficient (Wildman–Crippen LogP) is 2.22. The maximum atomic E-state index is 12.2. The lowest BCUT2D eigenvalue weighted by Crippen LogP contribution is -2.37. The van der Waals surface area contributed by atoms with Gasteiger partial charge in [0.2, 0.25) is 0 Å². The number of hydrogen-bond acceptors (Lipinski definition) is 8. The van der Waals surface area contributed by atoms with Gasteiger partial charge in [0.1, 0.15) is 22.9 Å². The summed E-state index contributed by atoms with van der Waals surface area (Å²) in [4.78, 5) is 41.8. The number of nitrogens with zero attached hydrogens (tertiary/aromatic N) is 2. The second-order valence-electron chi connectivity index (χ2n) is 7.62. The number of carbonyl (C=O) groups is 1. The van der Waals surface area contributed by atoms with Crippen LogP contribution in [0.5, 0.6) is 5.75 Å². The van der Waals surface area contributed by atoms with Crippen LogP contribution in [-0.4, -0.2) is 35.0 Å². The molecule has 0 radical (unpaired) electrons. The molecule has 3 N–H and O–H groups in total. The zero-order chi connectivity index (χ0) is 21.6. The molecule has 0 unspecified atom stereocenters. The summed E-state index contributed by atoms with van der Waals surface area (Å²) < 4.78 is 5.80. The predicted molar refractivity (Wildman–Crippen MR) is 111 cm³/mol. The largest absolute Gasteiger partial charge is 0.504 e. The Morgan fingerprint density at radius 1 is 1.27 bits per heavy atom. The number of carbonyl (C=O) groups excluding carboxylic acids is 1. The number of hydrogen-bond donors (Lipinski definition) is 3. The van der Waals surface area contributed by atoms with Crippen LogP contribution in [0.3, 0.4) is 0 Å². The molecule has 1 amide bonds. The first-order chi connectivity index (χ1) is 14.3. The van der Waals surface area contributed by atoms with Crippen molar-refractivity contribution in [1.82, 2.24) is 9.88 Å². The lowest BCUT2D eigenvalue weighted by atomic mass is 9.93. The summed E-state index contributed by atoms with van der Waals surface area (Å²) in [6, 6.07) is 3.20. The number of aromatic nitrogens is 1. The number of anilines is 3. The Kier molecular flexibility index (Phi) is 4.81. The quantitative estimate of drug-likeness (QED) is 0.547. The molecule has 1 atom stereocenters. The highest BCUT2D eigenvalue weighted by molar-refractivity contribution is 5.97. The fraction of sp³-hybridized carbons (Fsp3) is 0.333. The molecule has 0 aliphatic heterocycles. The Bertz CT molecular complexity index is 1200. The van der Waals surface area contributed by atoms with Crippen molar-refractivity contribution in [3.8, 4) is 5.75 Å². The van der Waals surface area contributed by atoms with Crippen LogP contribution >= 0.6 is 0 Å². The van der Waals surface area contributed by atoms with Crippen LogP contribution in [0.4, 0.5) is 17.1 Å². The minimum absolute atomic E-state index is 0.0418. The van der Waals surface area contributed by atoms with Gasteiger partial charge in [-0.1, -0.05) is 0 Å². The fourth-order valence-electron chi connectivity index (χ4n) is 3.72. The highest BCUT2D eigenvalue weighted by Gasteiger charge is 2.30. The van der Waals surface area contributed by atoms with Crippen molar-refractivity contribution in [3.05, 3.63) is 61.6 Å². The standard InChI is InChI=1S/C21H22N4O5/c1-10-9-11-5-4-6-13(20(11)30-10)24-15-14(18(27)19(15)28)23-12-7-8-22-16(17(12)26)21(29)25(2)3/h7-9,13,24,26H,4-6H2,1-3H3,(H,22,23)/t13-/m0/s1. The van der Waals surface area contributed by atoms with E-state index in [-0.39, 0.29) is 28.8 Å². The maximum Gasteiger partial charge on any atom is 0.275 e. The van der Waals surface area contributed by atoms with Crippen molar-refractivity contribution < 1.29 is 14.3 Å². The van der Waals surface area contributed by atoms with Crippen LogP contribution in [-0.2, 0) is 6.42 Å². The summed E-state index contributed by atoms with van der Waals surface area (Å²) in [5.74, 6) is 0.708. The normalized spacial score (nSPS) is 15.6. The van der Waals surface area contributed by atoms with Crippen molar-refractivity contribution in [1.29, 1.82) is 0 Å². The maximum absolute atomic E-state index is 12.2. The van der Waals surface area contributed by atoms with E-state index in [4.69, 9.17) is 4.42 Å². The summed E-state index contributed by atoms with van der Waals surface area (Å²) in [5.41, 5.74) is -0.0801. The smallest absolute Gasteiger partial charge is 0.275 e. The van der Waals surface area contributed by atoms with Gasteiger partial charge in [-0.15, -0.1) is 0 Å². The van der Waals surface area contributed by atoms with Gasteiger partial charge in [-0.25, -0.2) is 4.98 Å². The van der Waals surface area contributed by atoms with E-state index in [1.165, 1.54) is 31.3 Å². The third-order valence-electron chi connectivity index (χ3n) is 5.24. The number of aromatic hydroxyl groups is 1. The van der Waals surface area contributed by atoms with Crippen molar-refractivity contribution in [2.45, 2.75) is 32.2 Å². The monoisotopic (exact) mass is 410 g/mol. The number of amides is 1.